The molecule has 24 heavy (non-hydrogen) atoms. The summed E-state index contributed by atoms with van der Waals surface area (Å²) in [5, 5.41) is 0. The van der Waals surface area contributed by atoms with Crippen LogP contribution in [0.15, 0.2) is 30.5 Å². The van der Waals surface area contributed by atoms with Gasteiger partial charge in [-0.1, -0.05) is 18.2 Å². The van der Waals surface area contributed by atoms with E-state index in [1.54, 1.807) is 20.2 Å². The highest BCUT2D eigenvalue weighted by Gasteiger charge is 2.19. The molecule has 0 saturated carbocycles. The molecule has 0 amide bonds. The highest BCUT2D eigenvalue weighted by molar-refractivity contribution is 5.73. The first-order valence-electron chi connectivity index (χ1n) is 7.99. The first-order valence-corrected chi connectivity index (χ1v) is 7.99. The fourth-order valence-corrected chi connectivity index (χ4v) is 2.82. The summed E-state index contributed by atoms with van der Waals surface area (Å²) in [7, 11) is 1.54. The zero-order valence-corrected chi connectivity index (χ0v) is 14.6. The van der Waals surface area contributed by atoms with Crippen molar-refractivity contribution >= 4 is 5.97 Å². The lowest BCUT2D eigenvalue weighted by Crippen LogP contribution is -2.18. The molecule has 2 aromatic rings. The van der Waals surface area contributed by atoms with Crippen LogP contribution >= 0.6 is 0 Å². The van der Waals surface area contributed by atoms with Crippen LogP contribution < -0.4 is 10.5 Å². The second kappa shape index (κ2) is 7.93. The van der Waals surface area contributed by atoms with Crippen molar-refractivity contribution in [2.45, 2.75) is 33.2 Å². The maximum atomic E-state index is 11.7. The Labute approximate surface area is 142 Å². The minimum absolute atomic E-state index is 0.0854. The van der Waals surface area contributed by atoms with Crippen molar-refractivity contribution in [3.05, 3.63) is 47.2 Å². The van der Waals surface area contributed by atoms with Gasteiger partial charge in [0.05, 0.1) is 20.1 Å². The fourth-order valence-electron chi connectivity index (χ4n) is 2.82. The molecule has 1 aromatic heterocycles. The SMILES string of the molecule is CCOC(=O)CC(N)c1cc(-c2c(C)cccc2C)cnc1OC. The number of methoxy groups -OCH3 is 1. The summed E-state index contributed by atoms with van der Waals surface area (Å²) in [6, 6.07) is 7.56. The van der Waals surface area contributed by atoms with Crippen molar-refractivity contribution < 1.29 is 14.3 Å². The zero-order valence-electron chi connectivity index (χ0n) is 14.6. The van der Waals surface area contributed by atoms with Crippen LogP contribution in [0.1, 0.15) is 36.1 Å². The minimum Gasteiger partial charge on any atom is -0.481 e. The maximum Gasteiger partial charge on any atom is 0.307 e. The summed E-state index contributed by atoms with van der Waals surface area (Å²) < 4.78 is 10.3. The Bertz CT molecular complexity index is 708. The number of nitrogens with two attached hydrogens (primary N) is 1. The van der Waals surface area contributed by atoms with E-state index in [-0.39, 0.29) is 12.4 Å². The Hall–Kier alpha value is -2.40. The second-order valence-corrected chi connectivity index (χ2v) is 5.70. The summed E-state index contributed by atoms with van der Waals surface area (Å²) in [5.74, 6) is 0.103. The monoisotopic (exact) mass is 328 g/mol. The molecular weight excluding hydrogens is 304 g/mol. The number of ether oxygens (including phenoxy) is 2. The van der Waals surface area contributed by atoms with Crippen LogP contribution in [0, 0.1) is 13.8 Å². The minimum atomic E-state index is -0.532. The highest BCUT2D eigenvalue weighted by atomic mass is 16.5. The molecule has 1 heterocycles. The standard InChI is InChI=1S/C19H24N2O3/c1-5-24-17(22)10-16(20)15-9-14(11-21-19(15)23-4)18-12(2)7-6-8-13(18)3/h6-9,11,16H,5,10,20H2,1-4H3. The lowest BCUT2D eigenvalue weighted by molar-refractivity contribution is -0.143. The normalized spacial score (nSPS) is 11.9. The number of carbonyl (C=O) groups is 1. The molecule has 1 atom stereocenters. The van der Waals surface area contributed by atoms with E-state index >= 15 is 0 Å². The second-order valence-electron chi connectivity index (χ2n) is 5.70. The van der Waals surface area contributed by atoms with Crippen molar-refractivity contribution in [3.8, 4) is 17.0 Å². The Morgan fingerprint density at radius 1 is 1.29 bits per heavy atom. The summed E-state index contributed by atoms with van der Waals surface area (Å²) in [6.45, 7) is 6.23. The summed E-state index contributed by atoms with van der Waals surface area (Å²) in [5.41, 5.74) is 11.3. The van der Waals surface area contributed by atoms with E-state index in [1.807, 2.05) is 12.1 Å². The van der Waals surface area contributed by atoms with Crippen LogP contribution in [-0.4, -0.2) is 24.7 Å². The number of pyridine rings is 1. The van der Waals surface area contributed by atoms with E-state index < -0.39 is 6.04 Å². The van der Waals surface area contributed by atoms with Crippen molar-refractivity contribution in [1.29, 1.82) is 0 Å². The molecule has 128 valence electrons. The van der Waals surface area contributed by atoms with E-state index in [0.717, 1.165) is 22.3 Å². The van der Waals surface area contributed by atoms with Crippen molar-refractivity contribution in [1.82, 2.24) is 4.98 Å². The van der Waals surface area contributed by atoms with Crippen LogP contribution in [-0.2, 0) is 9.53 Å². The number of nitrogens with zero attached hydrogens (tertiary/aromatic N) is 1. The molecule has 0 aliphatic carbocycles. The Morgan fingerprint density at radius 2 is 1.96 bits per heavy atom. The fraction of sp³-hybridized carbons (Fsp3) is 0.368. The van der Waals surface area contributed by atoms with Gasteiger partial charge in [-0.15, -0.1) is 0 Å². The third-order valence-corrected chi connectivity index (χ3v) is 3.93. The van der Waals surface area contributed by atoms with E-state index in [9.17, 15) is 4.79 Å². The molecule has 0 saturated heterocycles. The van der Waals surface area contributed by atoms with Gasteiger partial charge in [0.15, 0.2) is 0 Å². The molecule has 5 heteroatoms. The average molecular weight is 328 g/mol. The van der Waals surface area contributed by atoms with Gasteiger partial charge in [0.25, 0.3) is 0 Å². The average Bonchev–Trinajstić information content (AvgIpc) is 2.54. The smallest absolute Gasteiger partial charge is 0.307 e. The molecule has 0 aliphatic heterocycles. The first-order chi connectivity index (χ1) is 11.5. The van der Waals surface area contributed by atoms with Gasteiger partial charge < -0.3 is 15.2 Å². The van der Waals surface area contributed by atoms with Gasteiger partial charge in [-0.2, -0.15) is 0 Å². The lowest BCUT2D eigenvalue weighted by atomic mass is 9.94. The van der Waals surface area contributed by atoms with Crippen LogP contribution in [0.2, 0.25) is 0 Å². The van der Waals surface area contributed by atoms with Gasteiger partial charge in [-0.3, -0.25) is 4.79 Å². The molecule has 0 spiro atoms. The third-order valence-electron chi connectivity index (χ3n) is 3.93. The number of carbonyl (C=O) groups excluding carboxylic acids is 1. The number of rotatable bonds is 6. The maximum absolute atomic E-state index is 11.7. The number of hydrogen-bond donors (Lipinski definition) is 1. The van der Waals surface area contributed by atoms with E-state index in [2.05, 4.69) is 31.0 Å². The molecule has 0 radical (unpaired) electrons. The van der Waals surface area contributed by atoms with Gasteiger partial charge in [0.1, 0.15) is 0 Å². The quantitative estimate of drug-likeness (QED) is 0.823. The number of aryl methyl sites for hydroxylation is 2. The van der Waals surface area contributed by atoms with E-state index in [0.29, 0.717) is 18.1 Å². The predicted octanol–water partition coefficient (Wildman–Crippen LogP) is 3.33. The number of benzene rings is 1. The molecule has 0 fully saturated rings. The molecule has 5 nitrogen and oxygen atoms in total. The van der Waals surface area contributed by atoms with E-state index in [1.165, 1.54) is 0 Å². The van der Waals surface area contributed by atoms with Crippen LogP contribution in [0.4, 0.5) is 0 Å². The summed E-state index contributed by atoms with van der Waals surface area (Å²) in [6.07, 6.45) is 1.86. The number of hydrogen-bond acceptors (Lipinski definition) is 5. The predicted molar refractivity (Wildman–Crippen MR) is 93.9 cm³/mol. The Morgan fingerprint density at radius 3 is 2.54 bits per heavy atom. The van der Waals surface area contributed by atoms with Gasteiger partial charge >= 0.3 is 5.97 Å². The van der Waals surface area contributed by atoms with Crippen LogP contribution in [0.3, 0.4) is 0 Å². The summed E-state index contributed by atoms with van der Waals surface area (Å²) in [4.78, 5) is 16.1. The first kappa shape index (κ1) is 17.9. The van der Waals surface area contributed by atoms with E-state index in [4.69, 9.17) is 15.2 Å². The van der Waals surface area contributed by atoms with Gasteiger partial charge in [-0.25, -0.2) is 4.98 Å². The Balaban J connectivity index is 2.42. The number of esters is 1. The summed E-state index contributed by atoms with van der Waals surface area (Å²) >= 11 is 0. The van der Waals surface area contributed by atoms with Crippen molar-refractivity contribution in [3.63, 3.8) is 0 Å². The van der Waals surface area contributed by atoms with Crippen LogP contribution in [0.5, 0.6) is 5.88 Å². The third kappa shape index (κ3) is 3.92. The molecule has 0 bridgehead atoms. The number of aromatic nitrogens is 1. The lowest BCUT2D eigenvalue weighted by Gasteiger charge is -2.17. The molecule has 1 aromatic carbocycles. The Kier molecular flexibility index (Phi) is 5.93. The molecule has 1 unspecified atom stereocenters. The van der Waals surface area contributed by atoms with Gasteiger partial charge in [-0.05, 0) is 43.5 Å². The molecule has 0 aliphatic rings. The van der Waals surface area contributed by atoms with Gasteiger partial charge in [0, 0.05) is 23.4 Å². The largest absolute Gasteiger partial charge is 0.481 e. The molecule has 2 N–H and O–H groups in total. The van der Waals surface area contributed by atoms with Crippen LogP contribution in [0.25, 0.3) is 11.1 Å². The molecule has 2 rings (SSSR count). The molecular formula is C19H24N2O3. The zero-order chi connectivity index (χ0) is 17.7. The van der Waals surface area contributed by atoms with Gasteiger partial charge in [0.2, 0.25) is 5.88 Å². The highest BCUT2D eigenvalue weighted by Crippen LogP contribution is 2.32. The topological polar surface area (TPSA) is 74.4 Å². The van der Waals surface area contributed by atoms with Crippen molar-refractivity contribution in [2.75, 3.05) is 13.7 Å². The van der Waals surface area contributed by atoms with Crippen molar-refractivity contribution in [2.24, 2.45) is 5.73 Å².